The number of carbonyl (C=O) groups is 3. The van der Waals surface area contributed by atoms with Gasteiger partial charge in [-0.25, -0.2) is 4.79 Å². The number of nitrogens with zero attached hydrogens (tertiary/aromatic N) is 2. The molecular weight excluding hydrogens is 238 g/mol. The minimum absolute atomic E-state index is 0.00120. The molecule has 0 aromatic rings. The maximum atomic E-state index is 11.6. The Labute approximate surface area is 106 Å². The highest BCUT2D eigenvalue weighted by atomic mass is 16.3. The fourth-order valence-corrected chi connectivity index (χ4v) is 1.44. The fourth-order valence-electron chi connectivity index (χ4n) is 1.44. The molecule has 0 bridgehead atoms. The minimum Gasteiger partial charge on any atom is -0.388 e. The summed E-state index contributed by atoms with van der Waals surface area (Å²) >= 11 is 0. The molecule has 7 nitrogen and oxygen atoms in total. The normalized spacial score (nSPS) is 19.1. The average Bonchev–Trinajstić information content (AvgIpc) is 2.54. The summed E-state index contributed by atoms with van der Waals surface area (Å²) in [6.07, 6.45) is 0.498. The second-order valence-corrected chi connectivity index (χ2v) is 4.75. The van der Waals surface area contributed by atoms with E-state index in [0.29, 0.717) is 6.42 Å². The van der Waals surface area contributed by atoms with Crippen molar-refractivity contribution in [2.45, 2.75) is 25.9 Å². The summed E-state index contributed by atoms with van der Waals surface area (Å²) in [6.45, 7) is 3.19. The topological polar surface area (TPSA) is 89.9 Å². The molecule has 0 radical (unpaired) electrons. The highest BCUT2D eigenvalue weighted by Gasteiger charge is 2.34. The smallest absolute Gasteiger partial charge is 0.327 e. The zero-order chi connectivity index (χ0) is 13.9. The molecule has 1 atom stereocenters. The summed E-state index contributed by atoms with van der Waals surface area (Å²) in [5.74, 6) is -0.847. The van der Waals surface area contributed by atoms with Crippen LogP contribution in [0.5, 0.6) is 0 Å². The van der Waals surface area contributed by atoms with Crippen molar-refractivity contribution in [2.24, 2.45) is 0 Å². The van der Waals surface area contributed by atoms with Crippen LogP contribution in [0, 0.1) is 0 Å². The number of aliphatic hydroxyl groups is 1. The Bertz CT molecular complexity index is 367. The van der Waals surface area contributed by atoms with Gasteiger partial charge in [0.05, 0.1) is 5.60 Å². The molecule has 102 valence electrons. The second kappa shape index (κ2) is 5.34. The summed E-state index contributed by atoms with van der Waals surface area (Å²) in [4.78, 5) is 36.7. The summed E-state index contributed by atoms with van der Waals surface area (Å²) in [6, 6.07) is -0.475. The molecule has 0 aromatic heterocycles. The first-order valence-electron chi connectivity index (χ1n) is 5.81. The van der Waals surface area contributed by atoms with Crippen LogP contribution in [0.4, 0.5) is 4.79 Å². The van der Waals surface area contributed by atoms with Gasteiger partial charge in [-0.05, 0) is 13.3 Å². The zero-order valence-corrected chi connectivity index (χ0v) is 10.9. The van der Waals surface area contributed by atoms with Crippen molar-refractivity contribution < 1.29 is 19.5 Å². The number of hydrogen-bond acceptors (Lipinski definition) is 4. The zero-order valence-electron chi connectivity index (χ0n) is 10.9. The van der Waals surface area contributed by atoms with Gasteiger partial charge in [0.2, 0.25) is 5.91 Å². The number of nitrogens with one attached hydrogen (secondary N) is 1. The van der Waals surface area contributed by atoms with E-state index in [0.717, 1.165) is 4.90 Å². The van der Waals surface area contributed by atoms with Crippen LogP contribution in [-0.4, -0.2) is 65.0 Å². The van der Waals surface area contributed by atoms with Gasteiger partial charge in [-0.1, -0.05) is 6.92 Å². The Balaban J connectivity index is 2.46. The molecule has 0 saturated carbocycles. The number of likely N-dealkylation sites (N-methyl/N-ethyl adjacent to an activating group) is 1. The molecule has 0 aromatic carbocycles. The van der Waals surface area contributed by atoms with Crippen molar-refractivity contribution in [3.05, 3.63) is 0 Å². The van der Waals surface area contributed by atoms with E-state index < -0.39 is 17.5 Å². The van der Waals surface area contributed by atoms with Crippen LogP contribution in [0.3, 0.4) is 0 Å². The SMILES string of the molecule is CCC(C)(O)CNC(=O)CN1C(=O)CN(C)C1=O. The highest BCUT2D eigenvalue weighted by Crippen LogP contribution is 2.08. The van der Waals surface area contributed by atoms with E-state index in [4.69, 9.17) is 0 Å². The monoisotopic (exact) mass is 257 g/mol. The summed E-state index contributed by atoms with van der Waals surface area (Å²) in [5.41, 5.74) is -0.981. The average molecular weight is 257 g/mol. The Morgan fingerprint density at radius 2 is 2.11 bits per heavy atom. The molecule has 1 aliphatic rings. The van der Waals surface area contributed by atoms with Gasteiger partial charge in [0.1, 0.15) is 13.1 Å². The third-order valence-corrected chi connectivity index (χ3v) is 2.96. The molecule has 1 rings (SSSR count). The molecule has 1 aliphatic heterocycles. The first-order chi connectivity index (χ1) is 8.26. The summed E-state index contributed by atoms with van der Waals surface area (Å²) in [7, 11) is 1.50. The molecule has 7 heteroatoms. The van der Waals surface area contributed by atoms with Crippen molar-refractivity contribution in [3.8, 4) is 0 Å². The predicted molar refractivity (Wildman–Crippen MR) is 63.7 cm³/mol. The van der Waals surface area contributed by atoms with Crippen LogP contribution < -0.4 is 5.32 Å². The van der Waals surface area contributed by atoms with E-state index in [9.17, 15) is 19.5 Å². The molecule has 0 aliphatic carbocycles. The standard InChI is InChI=1S/C11H19N3O4/c1-4-11(2,18)7-12-8(15)5-14-9(16)6-13(3)10(14)17/h18H,4-7H2,1-3H3,(H,12,15). The van der Waals surface area contributed by atoms with Gasteiger partial charge >= 0.3 is 6.03 Å². The van der Waals surface area contributed by atoms with E-state index in [1.165, 1.54) is 11.9 Å². The number of carbonyl (C=O) groups excluding carboxylic acids is 3. The molecule has 1 unspecified atom stereocenters. The Hall–Kier alpha value is -1.63. The molecular formula is C11H19N3O4. The van der Waals surface area contributed by atoms with Crippen molar-refractivity contribution in [1.29, 1.82) is 0 Å². The molecule has 4 amide bonds. The van der Waals surface area contributed by atoms with Gasteiger partial charge in [0.15, 0.2) is 0 Å². The Morgan fingerprint density at radius 1 is 1.50 bits per heavy atom. The van der Waals surface area contributed by atoms with E-state index in [-0.39, 0.29) is 25.5 Å². The van der Waals surface area contributed by atoms with Gasteiger partial charge in [-0.3, -0.25) is 14.5 Å². The first-order valence-corrected chi connectivity index (χ1v) is 5.81. The van der Waals surface area contributed by atoms with Crippen LogP contribution in [0.2, 0.25) is 0 Å². The van der Waals surface area contributed by atoms with Crippen LogP contribution in [0.15, 0.2) is 0 Å². The number of hydrogen-bond donors (Lipinski definition) is 2. The van der Waals surface area contributed by atoms with Gasteiger partial charge in [-0.15, -0.1) is 0 Å². The van der Waals surface area contributed by atoms with Crippen LogP contribution in [0.25, 0.3) is 0 Å². The van der Waals surface area contributed by atoms with E-state index in [1.807, 2.05) is 0 Å². The van der Waals surface area contributed by atoms with Crippen LogP contribution >= 0.6 is 0 Å². The number of amides is 4. The molecule has 2 N–H and O–H groups in total. The highest BCUT2D eigenvalue weighted by molar-refractivity contribution is 6.04. The van der Waals surface area contributed by atoms with Crippen molar-refractivity contribution in [3.63, 3.8) is 0 Å². The molecule has 18 heavy (non-hydrogen) atoms. The molecule has 1 fully saturated rings. The van der Waals surface area contributed by atoms with E-state index in [1.54, 1.807) is 13.8 Å². The number of urea groups is 1. The molecule has 0 spiro atoms. The Morgan fingerprint density at radius 3 is 2.56 bits per heavy atom. The lowest BCUT2D eigenvalue weighted by Crippen LogP contribution is -2.45. The number of imide groups is 1. The lowest BCUT2D eigenvalue weighted by Gasteiger charge is -2.22. The fraction of sp³-hybridized carbons (Fsp3) is 0.727. The number of rotatable bonds is 5. The van der Waals surface area contributed by atoms with Gasteiger partial charge in [-0.2, -0.15) is 0 Å². The maximum Gasteiger partial charge on any atom is 0.327 e. The van der Waals surface area contributed by atoms with Crippen molar-refractivity contribution in [1.82, 2.24) is 15.1 Å². The predicted octanol–water partition coefficient (Wildman–Crippen LogP) is -0.842. The van der Waals surface area contributed by atoms with Gasteiger partial charge in [0, 0.05) is 13.6 Å². The summed E-state index contributed by atoms with van der Waals surface area (Å²) in [5, 5.41) is 12.2. The van der Waals surface area contributed by atoms with Gasteiger partial charge in [0.25, 0.3) is 5.91 Å². The van der Waals surface area contributed by atoms with Crippen molar-refractivity contribution in [2.75, 3.05) is 26.7 Å². The third kappa shape index (κ3) is 3.43. The van der Waals surface area contributed by atoms with Crippen molar-refractivity contribution >= 4 is 17.8 Å². The van der Waals surface area contributed by atoms with Gasteiger partial charge < -0.3 is 15.3 Å². The largest absolute Gasteiger partial charge is 0.388 e. The minimum atomic E-state index is -0.981. The quantitative estimate of drug-likeness (QED) is 0.628. The van der Waals surface area contributed by atoms with Crippen LogP contribution in [-0.2, 0) is 9.59 Å². The third-order valence-electron chi connectivity index (χ3n) is 2.96. The Kier molecular flexibility index (Phi) is 4.28. The van der Waals surface area contributed by atoms with E-state index in [2.05, 4.69) is 5.32 Å². The first kappa shape index (κ1) is 14.4. The lowest BCUT2D eigenvalue weighted by atomic mass is 10.0. The lowest BCUT2D eigenvalue weighted by molar-refractivity contribution is -0.131. The molecule has 1 saturated heterocycles. The summed E-state index contributed by atoms with van der Waals surface area (Å²) < 4.78 is 0. The molecule has 1 heterocycles. The maximum absolute atomic E-state index is 11.6. The van der Waals surface area contributed by atoms with Crippen LogP contribution in [0.1, 0.15) is 20.3 Å². The van der Waals surface area contributed by atoms with E-state index >= 15 is 0 Å². The second-order valence-electron chi connectivity index (χ2n) is 4.75.